The van der Waals surface area contributed by atoms with Gasteiger partial charge in [-0.05, 0) is 30.3 Å². The van der Waals surface area contributed by atoms with E-state index in [1.54, 1.807) is 31.3 Å². The summed E-state index contributed by atoms with van der Waals surface area (Å²) in [6, 6.07) is 10.8. The van der Waals surface area contributed by atoms with Gasteiger partial charge in [0, 0.05) is 24.4 Å². The molecule has 0 aliphatic carbocycles. The fourth-order valence-corrected chi connectivity index (χ4v) is 2.23. The zero-order valence-electron chi connectivity index (χ0n) is 13.7. The van der Waals surface area contributed by atoms with Crippen LogP contribution < -0.4 is 16.4 Å². The number of furan rings is 1. The first kappa shape index (κ1) is 17.0. The van der Waals surface area contributed by atoms with Crippen LogP contribution in [-0.2, 0) is 7.05 Å². The SMILES string of the molecule is Cn1nc(C(=O)Nc2cccc(C(N)=O)c2)cc1NC(=O)c1ccco1. The van der Waals surface area contributed by atoms with E-state index in [1.807, 2.05) is 0 Å². The highest BCUT2D eigenvalue weighted by Crippen LogP contribution is 2.15. The molecule has 3 amide bonds. The molecule has 132 valence electrons. The maximum Gasteiger partial charge on any atom is 0.292 e. The van der Waals surface area contributed by atoms with Gasteiger partial charge in [-0.3, -0.25) is 19.1 Å². The van der Waals surface area contributed by atoms with Gasteiger partial charge >= 0.3 is 0 Å². The van der Waals surface area contributed by atoms with E-state index in [-0.39, 0.29) is 17.0 Å². The molecule has 1 aromatic carbocycles. The molecule has 0 saturated carbocycles. The van der Waals surface area contributed by atoms with Crippen molar-refractivity contribution in [2.45, 2.75) is 0 Å². The number of anilines is 2. The van der Waals surface area contributed by atoms with Gasteiger partial charge in [-0.25, -0.2) is 0 Å². The molecule has 0 saturated heterocycles. The molecule has 9 nitrogen and oxygen atoms in total. The van der Waals surface area contributed by atoms with E-state index < -0.39 is 17.7 Å². The smallest absolute Gasteiger partial charge is 0.292 e. The fourth-order valence-electron chi connectivity index (χ4n) is 2.23. The van der Waals surface area contributed by atoms with E-state index in [0.717, 1.165) is 0 Å². The van der Waals surface area contributed by atoms with Gasteiger partial charge in [0.25, 0.3) is 11.8 Å². The largest absolute Gasteiger partial charge is 0.459 e. The third-order valence-corrected chi connectivity index (χ3v) is 3.50. The number of carbonyl (C=O) groups excluding carboxylic acids is 3. The molecule has 2 heterocycles. The Morgan fingerprint density at radius 1 is 1.08 bits per heavy atom. The van der Waals surface area contributed by atoms with Crippen LogP contribution in [0.3, 0.4) is 0 Å². The summed E-state index contributed by atoms with van der Waals surface area (Å²) >= 11 is 0. The van der Waals surface area contributed by atoms with E-state index in [9.17, 15) is 14.4 Å². The van der Waals surface area contributed by atoms with E-state index in [1.165, 1.54) is 29.1 Å². The summed E-state index contributed by atoms with van der Waals surface area (Å²) in [6.45, 7) is 0. The van der Waals surface area contributed by atoms with Crippen molar-refractivity contribution in [3.63, 3.8) is 0 Å². The molecule has 2 aromatic heterocycles. The first-order chi connectivity index (χ1) is 12.4. The monoisotopic (exact) mass is 353 g/mol. The summed E-state index contributed by atoms with van der Waals surface area (Å²) < 4.78 is 6.37. The Balaban J connectivity index is 1.73. The number of nitrogens with zero attached hydrogens (tertiary/aromatic N) is 2. The maximum absolute atomic E-state index is 12.3. The standard InChI is InChI=1S/C17H15N5O4/c1-22-14(20-17(25)13-6-3-7-26-13)9-12(21-22)16(24)19-11-5-2-4-10(8-11)15(18)23/h2-9H,1H3,(H2,18,23)(H,19,24)(H,20,25). The molecule has 0 aliphatic heterocycles. The number of aromatic nitrogens is 2. The Kier molecular flexibility index (Phi) is 4.52. The molecule has 0 aliphatic rings. The van der Waals surface area contributed by atoms with Crippen molar-refractivity contribution in [2.75, 3.05) is 10.6 Å². The van der Waals surface area contributed by atoms with Gasteiger partial charge < -0.3 is 20.8 Å². The first-order valence-corrected chi connectivity index (χ1v) is 7.54. The normalized spacial score (nSPS) is 10.3. The van der Waals surface area contributed by atoms with E-state index in [0.29, 0.717) is 11.5 Å². The van der Waals surface area contributed by atoms with Crippen molar-refractivity contribution in [1.29, 1.82) is 0 Å². The molecular weight excluding hydrogens is 338 g/mol. The van der Waals surface area contributed by atoms with Crippen LogP contribution in [0.4, 0.5) is 11.5 Å². The van der Waals surface area contributed by atoms with Gasteiger partial charge in [-0.1, -0.05) is 6.07 Å². The molecule has 0 spiro atoms. The highest BCUT2D eigenvalue weighted by molar-refractivity contribution is 6.06. The third kappa shape index (κ3) is 3.61. The topological polar surface area (TPSA) is 132 Å². The number of carbonyl (C=O) groups is 3. The summed E-state index contributed by atoms with van der Waals surface area (Å²) in [5, 5.41) is 9.29. The van der Waals surface area contributed by atoms with Crippen molar-refractivity contribution in [3.05, 3.63) is 65.7 Å². The maximum atomic E-state index is 12.3. The minimum atomic E-state index is -0.596. The predicted molar refractivity (Wildman–Crippen MR) is 92.8 cm³/mol. The second-order valence-corrected chi connectivity index (χ2v) is 5.37. The third-order valence-electron chi connectivity index (χ3n) is 3.50. The Labute approximate surface area is 147 Å². The zero-order valence-corrected chi connectivity index (χ0v) is 13.7. The molecule has 26 heavy (non-hydrogen) atoms. The number of nitrogens with one attached hydrogen (secondary N) is 2. The van der Waals surface area contributed by atoms with E-state index in [4.69, 9.17) is 10.2 Å². The van der Waals surface area contributed by atoms with E-state index >= 15 is 0 Å². The average Bonchev–Trinajstić information content (AvgIpc) is 3.26. The van der Waals surface area contributed by atoms with Crippen molar-refractivity contribution >= 4 is 29.2 Å². The van der Waals surface area contributed by atoms with Gasteiger partial charge in [0.2, 0.25) is 5.91 Å². The second-order valence-electron chi connectivity index (χ2n) is 5.37. The lowest BCUT2D eigenvalue weighted by molar-refractivity contribution is 0.0990. The number of nitrogens with two attached hydrogens (primary N) is 1. The molecule has 0 atom stereocenters. The summed E-state index contributed by atoms with van der Waals surface area (Å²) in [6.07, 6.45) is 1.39. The molecule has 3 aromatic rings. The van der Waals surface area contributed by atoms with Crippen molar-refractivity contribution < 1.29 is 18.8 Å². The van der Waals surface area contributed by atoms with Gasteiger partial charge in [-0.2, -0.15) is 5.10 Å². The lowest BCUT2D eigenvalue weighted by Gasteiger charge is -2.04. The summed E-state index contributed by atoms with van der Waals surface area (Å²) in [7, 11) is 1.59. The number of hydrogen-bond donors (Lipinski definition) is 3. The Hall–Kier alpha value is -3.88. The number of amides is 3. The van der Waals surface area contributed by atoms with Crippen LogP contribution in [0.5, 0.6) is 0 Å². The fraction of sp³-hybridized carbons (Fsp3) is 0.0588. The van der Waals surface area contributed by atoms with Crippen LogP contribution in [-0.4, -0.2) is 27.5 Å². The van der Waals surface area contributed by atoms with Crippen LogP contribution in [0.2, 0.25) is 0 Å². The Morgan fingerprint density at radius 3 is 2.58 bits per heavy atom. The Bertz CT molecular complexity index is 975. The summed E-state index contributed by atoms with van der Waals surface area (Å²) in [5.41, 5.74) is 5.98. The molecule has 0 fully saturated rings. The van der Waals surface area contributed by atoms with Crippen LogP contribution in [0.15, 0.2) is 53.1 Å². The minimum Gasteiger partial charge on any atom is -0.459 e. The number of primary amides is 1. The van der Waals surface area contributed by atoms with Crippen LogP contribution in [0.1, 0.15) is 31.4 Å². The molecule has 9 heteroatoms. The molecule has 3 rings (SSSR count). The van der Waals surface area contributed by atoms with Crippen LogP contribution >= 0.6 is 0 Å². The van der Waals surface area contributed by atoms with Gasteiger partial charge in [0.1, 0.15) is 5.82 Å². The summed E-state index contributed by atoms with van der Waals surface area (Å²) in [4.78, 5) is 35.6. The lowest BCUT2D eigenvalue weighted by atomic mass is 10.2. The minimum absolute atomic E-state index is 0.0896. The summed E-state index contributed by atoms with van der Waals surface area (Å²) in [5.74, 6) is -1.09. The van der Waals surface area contributed by atoms with Gasteiger partial charge in [0.15, 0.2) is 11.5 Å². The van der Waals surface area contributed by atoms with Crippen molar-refractivity contribution in [1.82, 2.24) is 9.78 Å². The first-order valence-electron chi connectivity index (χ1n) is 7.54. The molecule has 0 bridgehead atoms. The number of hydrogen-bond acceptors (Lipinski definition) is 5. The van der Waals surface area contributed by atoms with Gasteiger partial charge in [-0.15, -0.1) is 0 Å². The number of rotatable bonds is 5. The van der Waals surface area contributed by atoms with Crippen LogP contribution in [0, 0.1) is 0 Å². The molecule has 4 N–H and O–H groups in total. The number of aryl methyl sites for hydroxylation is 1. The lowest BCUT2D eigenvalue weighted by Crippen LogP contribution is -2.15. The highest BCUT2D eigenvalue weighted by atomic mass is 16.3. The van der Waals surface area contributed by atoms with Crippen LogP contribution in [0.25, 0.3) is 0 Å². The molecule has 0 radical (unpaired) electrons. The van der Waals surface area contributed by atoms with Gasteiger partial charge in [0.05, 0.1) is 6.26 Å². The van der Waals surface area contributed by atoms with Crippen molar-refractivity contribution in [2.24, 2.45) is 12.8 Å². The zero-order chi connectivity index (χ0) is 18.7. The quantitative estimate of drug-likeness (QED) is 0.641. The molecule has 0 unspecified atom stereocenters. The average molecular weight is 353 g/mol. The van der Waals surface area contributed by atoms with E-state index in [2.05, 4.69) is 15.7 Å². The molecular formula is C17H15N5O4. The predicted octanol–water partition coefficient (Wildman–Crippen LogP) is 1.62. The number of benzene rings is 1. The van der Waals surface area contributed by atoms with Crippen molar-refractivity contribution in [3.8, 4) is 0 Å². The second kappa shape index (κ2) is 6.93. The Morgan fingerprint density at radius 2 is 1.88 bits per heavy atom. The highest BCUT2D eigenvalue weighted by Gasteiger charge is 2.16.